The standard InChI is InChI=1S/C30H24ClN3O4/c31-21-8-5-9-22(18-21)33-14-16-34(17-15-33)27(35)19-37-30(36)24-11-4-7-20-6-3-10-23(28(20)24)29-32-25-12-1-2-13-26(25)38-29/h1-13,18H,14-17,19H2. The lowest BCUT2D eigenvalue weighted by atomic mass is 9.99. The fraction of sp³-hybridized carbons (Fsp3) is 0.167. The summed E-state index contributed by atoms with van der Waals surface area (Å²) in [6, 6.07) is 26.3. The van der Waals surface area contributed by atoms with E-state index in [2.05, 4.69) is 9.88 Å². The van der Waals surface area contributed by atoms with Gasteiger partial charge in [-0.3, -0.25) is 4.79 Å². The van der Waals surface area contributed by atoms with Gasteiger partial charge in [0.15, 0.2) is 12.2 Å². The summed E-state index contributed by atoms with van der Waals surface area (Å²) in [4.78, 5) is 34.6. The molecule has 0 unspecified atom stereocenters. The molecule has 7 nitrogen and oxygen atoms in total. The van der Waals surface area contributed by atoms with E-state index in [1.165, 1.54) is 0 Å². The summed E-state index contributed by atoms with van der Waals surface area (Å²) in [5.41, 5.74) is 3.48. The maximum atomic E-state index is 13.2. The van der Waals surface area contributed by atoms with Crippen molar-refractivity contribution in [1.82, 2.24) is 9.88 Å². The monoisotopic (exact) mass is 525 g/mol. The summed E-state index contributed by atoms with van der Waals surface area (Å²) < 4.78 is 11.5. The van der Waals surface area contributed by atoms with Crippen LogP contribution >= 0.6 is 11.6 Å². The number of carbonyl (C=O) groups is 2. The highest BCUT2D eigenvalue weighted by Crippen LogP contribution is 2.33. The fourth-order valence-corrected chi connectivity index (χ4v) is 5.04. The van der Waals surface area contributed by atoms with Crippen LogP contribution in [0, 0.1) is 0 Å². The summed E-state index contributed by atoms with van der Waals surface area (Å²) in [6.45, 7) is 2.12. The summed E-state index contributed by atoms with van der Waals surface area (Å²) >= 11 is 6.12. The topological polar surface area (TPSA) is 75.9 Å². The van der Waals surface area contributed by atoms with Crippen LogP contribution < -0.4 is 4.90 Å². The number of nitrogens with zero attached hydrogens (tertiary/aromatic N) is 3. The highest BCUT2D eigenvalue weighted by molar-refractivity contribution is 6.30. The van der Waals surface area contributed by atoms with Gasteiger partial charge in [-0.05, 0) is 47.9 Å². The molecule has 4 aromatic carbocycles. The molecular weight excluding hydrogens is 502 g/mol. The molecule has 1 saturated heterocycles. The van der Waals surface area contributed by atoms with Crippen molar-refractivity contribution in [3.8, 4) is 11.5 Å². The van der Waals surface area contributed by atoms with Gasteiger partial charge < -0.3 is 19.0 Å². The van der Waals surface area contributed by atoms with Crippen molar-refractivity contribution < 1.29 is 18.7 Å². The Kier molecular flexibility index (Phi) is 6.43. The quantitative estimate of drug-likeness (QED) is 0.270. The molecule has 1 fully saturated rings. The Labute approximate surface area is 224 Å². The van der Waals surface area contributed by atoms with Crippen molar-refractivity contribution in [2.45, 2.75) is 0 Å². The highest BCUT2D eigenvalue weighted by Gasteiger charge is 2.24. The van der Waals surface area contributed by atoms with E-state index in [4.69, 9.17) is 20.8 Å². The van der Waals surface area contributed by atoms with E-state index in [0.29, 0.717) is 59.2 Å². The fourth-order valence-electron chi connectivity index (χ4n) is 4.86. The number of para-hydroxylation sites is 2. The first-order valence-electron chi connectivity index (χ1n) is 12.4. The summed E-state index contributed by atoms with van der Waals surface area (Å²) in [7, 11) is 0. The molecule has 0 saturated carbocycles. The zero-order valence-electron chi connectivity index (χ0n) is 20.5. The van der Waals surface area contributed by atoms with Crippen molar-refractivity contribution in [2.75, 3.05) is 37.7 Å². The van der Waals surface area contributed by atoms with Crippen molar-refractivity contribution in [1.29, 1.82) is 0 Å². The number of hydrogen-bond acceptors (Lipinski definition) is 6. The van der Waals surface area contributed by atoms with Crippen LogP contribution in [0.1, 0.15) is 10.4 Å². The van der Waals surface area contributed by atoms with Crippen LogP contribution in [-0.2, 0) is 9.53 Å². The largest absolute Gasteiger partial charge is 0.452 e. The molecule has 0 aliphatic carbocycles. The molecule has 0 radical (unpaired) electrons. The number of esters is 1. The summed E-state index contributed by atoms with van der Waals surface area (Å²) in [5.74, 6) is -0.362. The van der Waals surface area contributed by atoms with E-state index in [1.807, 2.05) is 72.8 Å². The average molecular weight is 526 g/mol. The van der Waals surface area contributed by atoms with E-state index < -0.39 is 5.97 Å². The normalized spacial score (nSPS) is 13.7. The molecule has 190 valence electrons. The minimum Gasteiger partial charge on any atom is -0.452 e. The number of ether oxygens (including phenoxy) is 1. The van der Waals surface area contributed by atoms with Gasteiger partial charge in [0, 0.05) is 47.8 Å². The maximum absolute atomic E-state index is 13.2. The molecule has 0 atom stereocenters. The third-order valence-electron chi connectivity index (χ3n) is 6.78. The first-order chi connectivity index (χ1) is 18.6. The number of halogens is 1. The minimum absolute atomic E-state index is 0.219. The lowest BCUT2D eigenvalue weighted by Crippen LogP contribution is -2.49. The van der Waals surface area contributed by atoms with Crippen LogP contribution in [0.5, 0.6) is 0 Å². The van der Waals surface area contributed by atoms with Crippen molar-refractivity contribution in [2.24, 2.45) is 0 Å². The van der Waals surface area contributed by atoms with Crippen LogP contribution in [0.15, 0.2) is 89.3 Å². The van der Waals surface area contributed by atoms with E-state index in [0.717, 1.165) is 16.6 Å². The summed E-state index contributed by atoms with van der Waals surface area (Å²) in [6.07, 6.45) is 0. The number of benzene rings is 4. The number of anilines is 1. The molecule has 2 heterocycles. The Bertz CT molecular complexity index is 1620. The number of amides is 1. The van der Waals surface area contributed by atoms with Gasteiger partial charge in [-0.2, -0.15) is 0 Å². The van der Waals surface area contributed by atoms with Crippen molar-refractivity contribution >= 4 is 51.0 Å². The smallest absolute Gasteiger partial charge is 0.339 e. The van der Waals surface area contributed by atoms with Crippen LogP contribution in [0.25, 0.3) is 33.3 Å². The third-order valence-corrected chi connectivity index (χ3v) is 7.02. The van der Waals surface area contributed by atoms with Gasteiger partial charge >= 0.3 is 5.97 Å². The van der Waals surface area contributed by atoms with E-state index in [9.17, 15) is 9.59 Å². The second kappa shape index (κ2) is 10.2. The Morgan fingerprint density at radius 2 is 1.66 bits per heavy atom. The molecule has 6 rings (SSSR count). The molecule has 5 aromatic rings. The molecule has 1 amide bonds. The second-order valence-corrected chi connectivity index (χ2v) is 9.56. The van der Waals surface area contributed by atoms with Gasteiger partial charge in [0.2, 0.25) is 5.89 Å². The van der Waals surface area contributed by atoms with Gasteiger partial charge in [0.05, 0.1) is 5.56 Å². The zero-order chi connectivity index (χ0) is 26.1. The number of hydrogen-bond donors (Lipinski definition) is 0. The molecule has 0 N–H and O–H groups in total. The van der Waals surface area contributed by atoms with Gasteiger partial charge in [0.1, 0.15) is 5.52 Å². The van der Waals surface area contributed by atoms with Gasteiger partial charge in [0.25, 0.3) is 5.91 Å². The maximum Gasteiger partial charge on any atom is 0.339 e. The van der Waals surface area contributed by atoms with E-state index in [-0.39, 0.29) is 12.5 Å². The molecule has 1 aliphatic heterocycles. The predicted octanol–water partition coefficient (Wildman–Crippen LogP) is 5.81. The summed E-state index contributed by atoms with van der Waals surface area (Å²) in [5, 5.41) is 2.21. The number of piperazine rings is 1. The number of aromatic nitrogens is 1. The van der Waals surface area contributed by atoms with Crippen LogP contribution in [-0.4, -0.2) is 54.5 Å². The van der Waals surface area contributed by atoms with Crippen molar-refractivity contribution in [3.05, 3.63) is 95.5 Å². The van der Waals surface area contributed by atoms with Gasteiger partial charge in [-0.1, -0.05) is 54.1 Å². The van der Waals surface area contributed by atoms with Crippen LogP contribution in [0.2, 0.25) is 5.02 Å². The SMILES string of the molecule is O=C(OCC(=O)N1CCN(c2cccc(Cl)c2)CC1)c1cccc2cccc(-c3nc4ccccc4o3)c12. The molecule has 0 spiro atoms. The average Bonchev–Trinajstić information content (AvgIpc) is 3.39. The molecule has 0 bridgehead atoms. The zero-order valence-corrected chi connectivity index (χ0v) is 21.2. The third kappa shape index (κ3) is 4.68. The second-order valence-electron chi connectivity index (χ2n) is 9.12. The molecule has 1 aromatic heterocycles. The molecule has 8 heteroatoms. The molecular formula is C30H24ClN3O4. The number of fused-ring (bicyclic) bond motifs is 2. The van der Waals surface area contributed by atoms with Crippen molar-refractivity contribution in [3.63, 3.8) is 0 Å². The lowest BCUT2D eigenvalue weighted by Gasteiger charge is -2.36. The Hall–Kier alpha value is -4.36. The first kappa shape index (κ1) is 24.0. The number of carbonyl (C=O) groups excluding carboxylic acids is 2. The Morgan fingerprint density at radius 3 is 2.45 bits per heavy atom. The van der Waals surface area contributed by atoms with E-state index in [1.54, 1.807) is 17.0 Å². The van der Waals surface area contributed by atoms with Gasteiger partial charge in [-0.15, -0.1) is 0 Å². The van der Waals surface area contributed by atoms with E-state index >= 15 is 0 Å². The lowest BCUT2D eigenvalue weighted by molar-refractivity contribution is -0.134. The van der Waals surface area contributed by atoms with Gasteiger partial charge in [-0.25, -0.2) is 9.78 Å². The minimum atomic E-state index is -0.565. The predicted molar refractivity (Wildman–Crippen MR) is 147 cm³/mol. The Morgan fingerprint density at radius 1 is 0.895 bits per heavy atom. The van der Waals surface area contributed by atoms with Crippen LogP contribution in [0.3, 0.4) is 0 Å². The van der Waals surface area contributed by atoms with Crippen LogP contribution in [0.4, 0.5) is 5.69 Å². The highest BCUT2D eigenvalue weighted by atomic mass is 35.5. The Balaban J connectivity index is 1.17. The number of oxazole rings is 1. The number of rotatable bonds is 5. The molecule has 38 heavy (non-hydrogen) atoms. The first-order valence-corrected chi connectivity index (χ1v) is 12.8. The molecule has 1 aliphatic rings.